The van der Waals surface area contributed by atoms with Gasteiger partial charge in [-0.1, -0.05) is 28.1 Å². The number of carbonyl (C=O) groups excluding carboxylic acids is 2. The summed E-state index contributed by atoms with van der Waals surface area (Å²) >= 11 is 4.08. The molecule has 24 heavy (non-hydrogen) atoms. The van der Waals surface area contributed by atoms with Crippen molar-refractivity contribution in [3.63, 3.8) is 0 Å². The Morgan fingerprint density at radius 2 is 2.08 bits per heavy atom. The van der Waals surface area contributed by atoms with Crippen LogP contribution in [0.5, 0.6) is 0 Å². The van der Waals surface area contributed by atoms with E-state index in [-0.39, 0.29) is 4.91 Å². The number of nitrogens with zero attached hydrogens (tertiary/aromatic N) is 1. The van der Waals surface area contributed by atoms with E-state index in [9.17, 15) is 14.4 Å². The molecule has 0 unspecified atom stereocenters. The number of amides is 2. The van der Waals surface area contributed by atoms with Gasteiger partial charge in [0.15, 0.2) is 0 Å². The number of carbonyl (C=O) groups is 3. The third kappa shape index (κ3) is 3.44. The van der Waals surface area contributed by atoms with Crippen LogP contribution in [0.1, 0.15) is 5.76 Å². The maximum atomic E-state index is 12.1. The van der Waals surface area contributed by atoms with Crippen molar-refractivity contribution in [3.8, 4) is 11.3 Å². The first-order valence-electron chi connectivity index (χ1n) is 6.77. The zero-order chi connectivity index (χ0) is 17.3. The average Bonchev–Trinajstić information content (AvgIpc) is 3.08. The number of hydrogen-bond acceptors (Lipinski definition) is 5. The van der Waals surface area contributed by atoms with E-state index >= 15 is 0 Å². The molecule has 0 atom stereocenters. The number of furan rings is 1. The average molecular weight is 408 g/mol. The van der Waals surface area contributed by atoms with E-state index in [1.807, 2.05) is 24.3 Å². The molecule has 1 saturated heterocycles. The molecular formula is C16H10BrNO5S. The highest BCUT2D eigenvalue weighted by Gasteiger charge is 2.36. The van der Waals surface area contributed by atoms with Gasteiger partial charge in [-0.2, -0.15) is 0 Å². The summed E-state index contributed by atoms with van der Waals surface area (Å²) in [6.07, 6.45) is 1.44. The summed E-state index contributed by atoms with van der Waals surface area (Å²) in [5.41, 5.74) is 0.864. The molecule has 2 aromatic rings. The molecule has 3 rings (SSSR count). The Morgan fingerprint density at radius 1 is 1.29 bits per heavy atom. The number of carboxylic acids is 1. The molecule has 2 amide bonds. The monoisotopic (exact) mass is 407 g/mol. The standard InChI is InChI=1S/C16H10BrNO5S/c17-10-3-1-2-9(6-10)12-5-4-11(23-12)7-13-15(21)18(8-14(19)20)16(22)24-13/h1-7H,8H2,(H,19,20)/b13-7+. The summed E-state index contributed by atoms with van der Waals surface area (Å²) in [6.45, 7) is -0.649. The molecule has 0 spiro atoms. The van der Waals surface area contributed by atoms with Gasteiger partial charge in [0.1, 0.15) is 18.1 Å². The van der Waals surface area contributed by atoms with E-state index in [0.29, 0.717) is 28.2 Å². The molecular weight excluding hydrogens is 398 g/mol. The van der Waals surface area contributed by atoms with Crippen LogP contribution in [0.25, 0.3) is 17.4 Å². The van der Waals surface area contributed by atoms with E-state index in [2.05, 4.69) is 15.9 Å². The second kappa shape index (κ2) is 6.66. The van der Waals surface area contributed by atoms with Crippen LogP contribution < -0.4 is 0 Å². The minimum absolute atomic E-state index is 0.136. The highest BCUT2D eigenvalue weighted by Crippen LogP contribution is 2.33. The minimum Gasteiger partial charge on any atom is -0.480 e. The Hall–Kier alpha value is -2.32. The van der Waals surface area contributed by atoms with Gasteiger partial charge in [0.2, 0.25) is 0 Å². The largest absolute Gasteiger partial charge is 0.480 e. The van der Waals surface area contributed by atoms with Gasteiger partial charge in [-0.05, 0) is 36.0 Å². The number of rotatable bonds is 4. The first-order valence-corrected chi connectivity index (χ1v) is 8.38. The molecule has 0 radical (unpaired) electrons. The number of halogens is 1. The van der Waals surface area contributed by atoms with E-state index in [4.69, 9.17) is 9.52 Å². The fraction of sp³-hybridized carbons (Fsp3) is 0.0625. The Morgan fingerprint density at radius 3 is 2.79 bits per heavy atom. The molecule has 0 saturated carbocycles. The molecule has 122 valence electrons. The van der Waals surface area contributed by atoms with Gasteiger partial charge in [0.05, 0.1) is 4.91 Å². The van der Waals surface area contributed by atoms with Crippen molar-refractivity contribution >= 4 is 50.9 Å². The van der Waals surface area contributed by atoms with E-state index in [1.165, 1.54) is 6.08 Å². The van der Waals surface area contributed by atoms with Gasteiger partial charge in [0.25, 0.3) is 11.1 Å². The van der Waals surface area contributed by atoms with Crippen LogP contribution >= 0.6 is 27.7 Å². The molecule has 1 aliphatic heterocycles. The predicted molar refractivity (Wildman–Crippen MR) is 92.2 cm³/mol. The summed E-state index contributed by atoms with van der Waals surface area (Å²) in [6, 6.07) is 11.0. The lowest BCUT2D eigenvalue weighted by molar-refractivity contribution is -0.140. The SMILES string of the molecule is O=C(O)CN1C(=O)S/C(=C/c2ccc(-c3cccc(Br)c3)o2)C1=O. The van der Waals surface area contributed by atoms with Crippen molar-refractivity contribution < 1.29 is 23.9 Å². The quantitative estimate of drug-likeness (QED) is 0.774. The maximum Gasteiger partial charge on any atom is 0.323 e. The van der Waals surface area contributed by atoms with Gasteiger partial charge in [-0.25, -0.2) is 0 Å². The molecule has 6 nitrogen and oxygen atoms in total. The minimum atomic E-state index is -1.24. The van der Waals surface area contributed by atoms with E-state index in [0.717, 1.165) is 10.0 Å². The maximum absolute atomic E-state index is 12.1. The lowest BCUT2D eigenvalue weighted by Gasteiger charge is -2.07. The highest BCUT2D eigenvalue weighted by atomic mass is 79.9. The lowest BCUT2D eigenvalue weighted by Crippen LogP contribution is -2.33. The first kappa shape index (κ1) is 16.5. The van der Waals surface area contributed by atoms with Crippen molar-refractivity contribution in [1.82, 2.24) is 4.90 Å². The third-order valence-corrected chi connectivity index (χ3v) is 4.58. The second-order valence-corrected chi connectivity index (χ2v) is 6.78. The van der Waals surface area contributed by atoms with Crippen molar-refractivity contribution in [2.45, 2.75) is 0 Å². The van der Waals surface area contributed by atoms with Gasteiger partial charge < -0.3 is 9.52 Å². The van der Waals surface area contributed by atoms with Crippen molar-refractivity contribution in [1.29, 1.82) is 0 Å². The third-order valence-electron chi connectivity index (χ3n) is 3.18. The molecule has 2 heterocycles. The Balaban J connectivity index is 1.84. The predicted octanol–water partition coefficient (Wildman–Crippen LogP) is 3.83. The van der Waals surface area contributed by atoms with Crippen molar-refractivity contribution in [3.05, 3.63) is 51.5 Å². The first-order chi connectivity index (χ1) is 11.4. The highest BCUT2D eigenvalue weighted by molar-refractivity contribution is 9.10. The molecule has 1 aromatic heterocycles. The zero-order valence-electron chi connectivity index (χ0n) is 12.1. The van der Waals surface area contributed by atoms with Crippen LogP contribution in [0.15, 0.2) is 50.2 Å². The fourth-order valence-electron chi connectivity index (χ4n) is 2.13. The summed E-state index contributed by atoms with van der Waals surface area (Å²) < 4.78 is 6.59. The summed E-state index contributed by atoms with van der Waals surface area (Å²) in [5.74, 6) is -0.848. The summed E-state index contributed by atoms with van der Waals surface area (Å²) in [4.78, 5) is 35.3. The Bertz CT molecular complexity index is 873. The number of thioether (sulfide) groups is 1. The molecule has 8 heteroatoms. The number of hydrogen-bond donors (Lipinski definition) is 1. The smallest absolute Gasteiger partial charge is 0.323 e. The Labute approximate surface area is 149 Å². The zero-order valence-corrected chi connectivity index (χ0v) is 14.5. The molecule has 1 aromatic carbocycles. The lowest BCUT2D eigenvalue weighted by atomic mass is 10.2. The Kier molecular flexibility index (Phi) is 4.59. The van der Waals surface area contributed by atoms with Crippen molar-refractivity contribution in [2.75, 3.05) is 6.54 Å². The number of imide groups is 1. The van der Waals surface area contributed by atoms with Crippen LogP contribution in [-0.4, -0.2) is 33.7 Å². The molecule has 1 aliphatic rings. The second-order valence-electron chi connectivity index (χ2n) is 4.87. The topological polar surface area (TPSA) is 87.8 Å². The van der Waals surface area contributed by atoms with Gasteiger partial charge in [-0.15, -0.1) is 0 Å². The summed E-state index contributed by atoms with van der Waals surface area (Å²) in [5, 5.41) is 8.14. The molecule has 0 aliphatic carbocycles. The number of aliphatic carboxylic acids is 1. The van der Waals surface area contributed by atoms with E-state index in [1.54, 1.807) is 12.1 Å². The molecule has 1 fully saturated rings. The fourth-order valence-corrected chi connectivity index (χ4v) is 3.35. The van der Waals surface area contributed by atoms with Gasteiger partial charge >= 0.3 is 5.97 Å². The van der Waals surface area contributed by atoms with E-state index < -0.39 is 23.7 Å². The normalized spacial score (nSPS) is 16.2. The number of benzene rings is 1. The van der Waals surface area contributed by atoms with Crippen LogP contribution in [0.3, 0.4) is 0 Å². The van der Waals surface area contributed by atoms with Crippen LogP contribution in [-0.2, 0) is 9.59 Å². The van der Waals surface area contributed by atoms with Crippen LogP contribution in [0.4, 0.5) is 4.79 Å². The number of carboxylic acid groups (broad SMARTS) is 1. The van der Waals surface area contributed by atoms with Crippen LogP contribution in [0.2, 0.25) is 0 Å². The van der Waals surface area contributed by atoms with Gasteiger partial charge in [0, 0.05) is 16.1 Å². The molecule has 0 bridgehead atoms. The van der Waals surface area contributed by atoms with Crippen molar-refractivity contribution in [2.24, 2.45) is 0 Å². The molecule has 1 N–H and O–H groups in total. The summed E-state index contributed by atoms with van der Waals surface area (Å²) in [7, 11) is 0. The van der Waals surface area contributed by atoms with Gasteiger partial charge in [-0.3, -0.25) is 19.3 Å². The van der Waals surface area contributed by atoms with Crippen LogP contribution in [0, 0.1) is 0 Å².